The van der Waals surface area contributed by atoms with Crippen molar-refractivity contribution in [2.75, 3.05) is 0 Å². The van der Waals surface area contributed by atoms with Crippen LogP contribution in [0.2, 0.25) is 5.02 Å². The summed E-state index contributed by atoms with van der Waals surface area (Å²) in [7, 11) is 0. The van der Waals surface area contributed by atoms with Gasteiger partial charge in [-0.1, -0.05) is 29.7 Å². The fourth-order valence-electron chi connectivity index (χ4n) is 3.04. The summed E-state index contributed by atoms with van der Waals surface area (Å²) >= 11 is 6.09. The van der Waals surface area contributed by atoms with E-state index in [4.69, 9.17) is 21.9 Å². The van der Waals surface area contributed by atoms with Gasteiger partial charge in [-0.3, -0.25) is 0 Å². The van der Waals surface area contributed by atoms with Gasteiger partial charge in [-0.25, -0.2) is 4.68 Å². The Labute approximate surface area is 156 Å². The number of aromatic nitrogens is 4. The van der Waals surface area contributed by atoms with Gasteiger partial charge < -0.3 is 10.3 Å². The van der Waals surface area contributed by atoms with Gasteiger partial charge >= 0.3 is 0 Å². The van der Waals surface area contributed by atoms with Gasteiger partial charge in [-0.15, -0.1) is 12.4 Å². The van der Waals surface area contributed by atoms with Crippen molar-refractivity contribution < 1.29 is 4.52 Å². The highest BCUT2D eigenvalue weighted by molar-refractivity contribution is 6.30. The fraction of sp³-hybridized carbons (Fsp3) is 0.353. The Morgan fingerprint density at radius 2 is 2.16 bits per heavy atom. The molecule has 0 spiro atoms. The van der Waals surface area contributed by atoms with E-state index in [0.29, 0.717) is 16.7 Å². The first kappa shape index (κ1) is 17.9. The minimum absolute atomic E-state index is 0. The molecule has 3 aromatic rings. The molecule has 2 heterocycles. The first-order chi connectivity index (χ1) is 11.6. The molecule has 0 bridgehead atoms. The van der Waals surface area contributed by atoms with Crippen LogP contribution in [-0.4, -0.2) is 19.9 Å². The molecule has 1 saturated carbocycles. The normalized spacial score (nSPS) is 15.5. The highest BCUT2D eigenvalue weighted by atomic mass is 35.5. The molecule has 0 radical (unpaired) electrons. The van der Waals surface area contributed by atoms with Crippen LogP contribution in [0, 0.1) is 0 Å². The lowest BCUT2D eigenvalue weighted by molar-refractivity contribution is 0.229. The average Bonchev–Trinajstić information content (AvgIpc) is 3.19. The lowest BCUT2D eigenvalue weighted by Crippen LogP contribution is -2.44. The molecular formula is C17H19Cl2N5O. The first-order valence-electron chi connectivity index (χ1n) is 8.07. The highest BCUT2D eigenvalue weighted by Gasteiger charge is 2.39. The summed E-state index contributed by atoms with van der Waals surface area (Å²) in [5, 5.41) is 9.24. The van der Waals surface area contributed by atoms with Gasteiger partial charge in [0, 0.05) is 5.02 Å². The third-order valence-electron chi connectivity index (χ3n) is 4.60. The Morgan fingerprint density at radius 3 is 2.80 bits per heavy atom. The number of hydrogen-bond acceptors (Lipinski definition) is 5. The summed E-state index contributed by atoms with van der Waals surface area (Å²) in [6, 6.07) is 7.58. The molecule has 2 aromatic heterocycles. The van der Waals surface area contributed by atoms with Crippen LogP contribution in [0.5, 0.6) is 0 Å². The Balaban J connectivity index is 0.00000182. The summed E-state index contributed by atoms with van der Waals surface area (Å²) in [5.41, 5.74) is 8.57. The Bertz CT molecular complexity index is 885. The van der Waals surface area contributed by atoms with Crippen molar-refractivity contribution in [3.05, 3.63) is 47.0 Å². The maximum Gasteiger partial charge on any atom is 0.261 e. The van der Waals surface area contributed by atoms with E-state index in [1.807, 2.05) is 28.9 Å². The molecule has 132 valence electrons. The van der Waals surface area contributed by atoms with Crippen LogP contribution in [0.4, 0.5) is 0 Å². The van der Waals surface area contributed by atoms with Gasteiger partial charge in [0.25, 0.3) is 5.89 Å². The van der Waals surface area contributed by atoms with E-state index < -0.39 is 5.54 Å². The first-order valence-corrected chi connectivity index (χ1v) is 8.45. The minimum atomic E-state index is -0.433. The standard InChI is InChI=1S/C17H18ClN5O.ClH/c1-2-14-13(10-20-23(14)12-6-3-5-11(18)9-12)15-21-16(22-24-15)17(19)7-4-8-17;/h3,5-6,9-10H,2,4,7-8,19H2,1H3;1H. The molecule has 0 amide bonds. The molecule has 1 aromatic carbocycles. The molecule has 0 unspecified atom stereocenters. The SMILES string of the molecule is CCc1c(-c2nc(C3(N)CCC3)no2)cnn1-c1cccc(Cl)c1.Cl. The van der Waals surface area contributed by atoms with Crippen molar-refractivity contribution in [2.45, 2.75) is 38.1 Å². The molecular weight excluding hydrogens is 361 g/mol. The Hall–Kier alpha value is -1.89. The molecule has 25 heavy (non-hydrogen) atoms. The van der Waals surface area contributed by atoms with Gasteiger partial charge in [-0.2, -0.15) is 10.1 Å². The van der Waals surface area contributed by atoms with E-state index in [-0.39, 0.29) is 12.4 Å². The molecule has 4 rings (SSSR count). The van der Waals surface area contributed by atoms with E-state index in [9.17, 15) is 0 Å². The topological polar surface area (TPSA) is 82.8 Å². The van der Waals surface area contributed by atoms with E-state index in [0.717, 1.165) is 42.6 Å². The summed E-state index contributed by atoms with van der Waals surface area (Å²) < 4.78 is 7.32. The van der Waals surface area contributed by atoms with Crippen molar-refractivity contribution in [1.82, 2.24) is 19.9 Å². The minimum Gasteiger partial charge on any atom is -0.334 e. The second-order valence-electron chi connectivity index (χ2n) is 6.18. The van der Waals surface area contributed by atoms with Gasteiger partial charge in [-0.05, 0) is 43.9 Å². The number of halogens is 2. The molecule has 1 aliphatic rings. The molecule has 0 atom stereocenters. The van der Waals surface area contributed by atoms with E-state index in [2.05, 4.69) is 22.2 Å². The maximum atomic E-state index is 6.28. The Kier molecular flexibility index (Phi) is 4.86. The van der Waals surface area contributed by atoms with Crippen molar-refractivity contribution in [1.29, 1.82) is 0 Å². The highest BCUT2D eigenvalue weighted by Crippen LogP contribution is 2.38. The predicted molar refractivity (Wildman–Crippen MR) is 98.2 cm³/mol. The molecule has 0 aliphatic heterocycles. The maximum absolute atomic E-state index is 6.28. The fourth-order valence-corrected chi connectivity index (χ4v) is 3.22. The summed E-state index contributed by atoms with van der Waals surface area (Å²) in [6.07, 6.45) is 5.42. The van der Waals surface area contributed by atoms with Gasteiger partial charge in [0.1, 0.15) is 0 Å². The average molecular weight is 380 g/mol. The molecule has 8 heteroatoms. The van der Waals surface area contributed by atoms with Crippen LogP contribution in [0.15, 0.2) is 35.0 Å². The monoisotopic (exact) mass is 379 g/mol. The van der Waals surface area contributed by atoms with Crippen molar-refractivity contribution in [3.63, 3.8) is 0 Å². The third kappa shape index (κ3) is 3.05. The van der Waals surface area contributed by atoms with Crippen LogP contribution in [0.3, 0.4) is 0 Å². The second-order valence-corrected chi connectivity index (χ2v) is 6.62. The molecule has 0 saturated heterocycles. The molecule has 1 aliphatic carbocycles. The second kappa shape index (κ2) is 6.78. The van der Waals surface area contributed by atoms with Crippen LogP contribution >= 0.6 is 24.0 Å². The van der Waals surface area contributed by atoms with Crippen LogP contribution < -0.4 is 5.73 Å². The van der Waals surface area contributed by atoms with Crippen LogP contribution in [-0.2, 0) is 12.0 Å². The number of nitrogens with zero attached hydrogens (tertiary/aromatic N) is 4. The summed E-state index contributed by atoms with van der Waals surface area (Å²) in [4.78, 5) is 4.53. The lowest BCUT2D eigenvalue weighted by Gasteiger charge is -2.34. The predicted octanol–water partition coefficient (Wildman–Crippen LogP) is 3.90. The third-order valence-corrected chi connectivity index (χ3v) is 4.84. The van der Waals surface area contributed by atoms with Crippen molar-refractivity contribution in [3.8, 4) is 17.1 Å². The van der Waals surface area contributed by atoms with E-state index in [1.54, 1.807) is 6.20 Å². The molecule has 1 fully saturated rings. The molecule has 6 nitrogen and oxygen atoms in total. The zero-order chi connectivity index (χ0) is 16.7. The van der Waals surface area contributed by atoms with Gasteiger partial charge in [0.15, 0.2) is 5.82 Å². The smallest absolute Gasteiger partial charge is 0.261 e. The number of hydrogen-bond donors (Lipinski definition) is 1. The lowest BCUT2D eigenvalue weighted by atomic mass is 9.77. The van der Waals surface area contributed by atoms with E-state index in [1.165, 1.54) is 0 Å². The Morgan fingerprint density at radius 1 is 1.36 bits per heavy atom. The zero-order valence-electron chi connectivity index (χ0n) is 13.8. The van der Waals surface area contributed by atoms with Crippen LogP contribution in [0.1, 0.15) is 37.7 Å². The van der Waals surface area contributed by atoms with Gasteiger partial charge in [0.05, 0.1) is 28.7 Å². The van der Waals surface area contributed by atoms with Crippen molar-refractivity contribution in [2.24, 2.45) is 5.73 Å². The number of benzene rings is 1. The largest absolute Gasteiger partial charge is 0.334 e. The molecule has 2 N–H and O–H groups in total. The van der Waals surface area contributed by atoms with Crippen molar-refractivity contribution >= 4 is 24.0 Å². The van der Waals surface area contributed by atoms with Gasteiger partial charge in [0.2, 0.25) is 0 Å². The summed E-state index contributed by atoms with van der Waals surface area (Å²) in [5.74, 6) is 1.05. The summed E-state index contributed by atoms with van der Waals surface area (Å²) in [6.45, 7) is 2.06. The van der Waals surface area contributed by atoms with Crippen LogP contribution in [0.25, 0.3) is 17.1 Å². The number of nitrogens with two attached hydrogens (primary N) is 1. The zero-order valence-corrected chi connectivity index (χ0v) is 15.3. The quantitative estimate of drug-likeness (QED) is 0.742. The van der Waals surface area contributed by atoms with E-state index >= 15 is 0 Å². The number of rotatable bonds is 4.